The molecule has 3 aromatic rings. The van der Waals surface area contributed by atoms with Crippen LogP contribution in [0, 0.1) is 0 Å². The average molecular weight is 412 g/mol. The second-order valence-electron chi connectivity index (χ2n) is 7.61. The summed E-state index contributed by atoms with van der Waals surface area (Å²) in [5, 5.41) is 7.79. The fraction of sp³-hybridized carbons (Fsp3) is 0.227. The number of benzene rings is 2. The Morgan fingerprint density at radius 3 is 2.59 bits per heavy atom. The second-order valence-corrected chi connectivity index (χ2v) is 8.04. The van der Waals surface area contributed by atoms with Crippen LogP contribution in [0.2, 0.25) is 5.02 Å². The molecule has 1 aromatic heterocycles. The highest BCUT2D eigenvalue weighted by molar-refractivity contribution is 6.31. The average Bonchev–Trinajstić information content (AvgIpc) is 2.59. The minimum atomic E-state index is -0.613. The summed E-state index contributed by atoms with van der Waals surface area (Å²) in [6, 6.07) is 12.7. The van der Waals surface area contributed by atoms with E-state index in [4.69, 9.17) is 16.3 Å². The Morgan fingerprint density at radius 2 is 1.83 bits per heavy atom. The quantitative estimate of drug-likeness (QED) is 0.601. The van der Waals surface area contributed by atoms with Gasteiger partial charge in [-0.25, -0.2) is 4.79 Å². The number of nitrogens with zero attached hydrogens (tertiary/aromatic N) is 1. The van der Waals surface area contributed by atoms with Crippen LogP contribution in [-0.4, -0.2) is 22.6 Å². The highest BCUT2D eigenvalue weighted by atomic mass is 35.5. The fourth-order valence-corrected chi connectivity index (χ4v) is 3.10. The summed E-state index contributed by atoms with van der Waals surface area (Å²) in [5.41, 5.74) is 1.15. The fourth-order valence-electron chi connectivity index (χ4n) is 2.84. The van der Waals surface area contributed by atoms with Crippen LogP contribution in [-0.2, 0) is 16.0 Å². The summed E-state index contributed by atoms with van der Waals surface area (Å²) >= 11 is 6.15. The Morgan fingerprint density at radius 1 is 1.07 bits per heavy atom. The van der Waals surface area contributed by atoms with E-state index in [1.54, 1.807) is 51.4 Å². The zero-order valence-electron chi connectivity index (χ0n) is 16.5. The van der Waals surface area contributed by atoms with Gasteiger partial charge in [0.2, 0.25) is 5.91 Å². The molecule has 0 radical (unpaired) electrons. The van der Waals surface area contributed by atoms with Crippen molar-refractivity contribution >= 4 is 45.7 Å². The standard InChI is InChI=1S/C22H22ClN3O3/c1-22(2,3)29-21(28)25-17-9-14(8-16(23)11-17)10-20(27)26-19-13-24-12-15-6-4-5-7-18(15)19/h4-9,11-13H,10H2,1-3H3,(H,25,28)(H,26,27). The number of pyridine rings is 1. The van der Waals surface area contributed by atoms with Gasteiger partial charge in [-0.15, -0.1) is 0 Å². The molecule has 0 aliphatic carbocycles. The maximum Gasteiger partial charge on any atom is 0.412 e. The minimum absolute atomic E-state index is 0.0901. The third kappa shape index (κ3) is 5.93. The molecule has 6 nitrogen and oxygen atoms in total. The van der Waals surface area contributed by atoms with E-state index in [1.165, 1.54) is 0 Å². The van der Waals surface area contributed by atoms with Crippen LogP contribution >= 0.6 is 11.6 Å². The summed E-state index contributed by atoms with van der Waals surface area (Å²) in [6.07, 6.45) is 2.87. The Kier molecular flexibility index (Phi) is 6.03. The van der Waals surface area contributed by atoms with Crippen molar-refractivity contribution in [2.45, 2.75) is 32.8 Å². The molecule has 2 N–H and O–H groups in total. The Balaban J connectivity index is 1.72. The van der Waals surface area contributed by atoms with Crippen LogP contribution in [0.5, 0.6) is 0 Å². The number of nitrogens with one attached hydrogen (secondary N) is 2. The van der Waals surface area contributed by atoms with Crippen LogP contribution in [0.25, 0.3) is 10.8 Å². The highest BCUT2D eigenvalue weighted by Crippen LogP contribution is 2.23. The third-order valence-corrected chi connectivity index (χ3v) is 4.13. The molecule has 29 heavy (non-hydrogen) atoms. The van der Waals surface area contributed by atoms with Crippen molar-refractivity contribution in [3.63, 3.8) is 0 Å². The molecule has 150 valence electrons. The summed E-state index contributed by atoms with van der Waals surface area (Å²) in [7, 11) is 0. The molecular formula is C22H22ClN3O3. The SMILES string of the molecule is CC(C)(C)OC(=O)Nc1cc(Cl)cc(CC(=O)Nc2cncc3ccccc23)c1. The number of rotatable bonds is 4. The number of carbonyl (C=O) groups excluding carboxylic acids is 2. The number of fused-ring (bicyclic) bond motifs is 1. The van der Waals surface area contributed by atoms with Gasteiger partial charge in [0.25, 0.3) is 0 Å². The molecule has 0 bridgehead atoms. The molecule has 0 fully saturated rings. The van der Waals surface area contributed by atoms with E-state index in [1.807, 2.05) is 24.3 Å². The molecule has 0 aliphatic rings. The van der Waals surface area contributed by atoms with Crippen molar-refractivity contribution in [2.75, 3.05) is 10.6 Å². The predicted molar refractivity (Wildman–Crippen MR) is 115 cm³/mol. The van der Waals surface area contributed by atoms with Gasteiger partial charge < -0.3 is 10.1 Å². The van der Waals surface area contributed by atoms with Gasteiger partial charge in [0.05, 0.1) is 18.3 Å². The van der Waals surface area contributed by atoms with Gasteiger partial charge in [-0.05, 0) is 44.5 Å². The zero-order chi connectivity index (χ0) is 21.0. The first kappa shape index (κ1) is 20.6. The van der Waals surface area contributed by atoms with Crippen LogP contribution in [0.4, 0.5) is 16.2 Å². The number of hydrogen-bond donors (Lipinski definition) is 2. The van der Waals surface area contributed by atoms with Gasteiger partial charge in [0.1, 0.15) is 5.60 Å². The van der Waals surface area contributed by atoms with Crippen molar-refractivity contribution in [1.29, 1.82) is 0 Å². The monoisotopic (exact) mass is 411 g/mol. The lowest BCUT2D eigenvalue weighted by Crippen LogP contribution is -2.27. The number of hydrogen-bond acceptors (Lipinski definition) is 4. The molecule has 0 saturated heterocycles. The van der Waals surface area contributed by atoms with Crippen molar-refractivity contribution in [3.05, 3.63) is 65.4 Å². The molecule has 7 heteroatoms. The number of ether oxygens (including phenoxy) is 1. The summed E-state index contributed by atoms with van der Waals surface area (Å²) in [6.45, 7) is 5.34. The smallest absolute Gasteiger partial charge is 0.412 e. The molecule has 1 heterocycles. The minimum Gasteiger partial charge on any atom is -0.444 e. The van der Waals surface area contributed by atoms with E-state index in [9.17, 15) is 9.59 Å². The number of aromatic nitrogens is 1. The lowest BCUT2D eigenvalue weighted by Gasteiger charge is -2.20. The Bertz CT molecular complexity index is 1060. The molecule has 0 spiro atoms. The van der Waals surface area contributed by atoms with Gasteiger partial charge in [-0.3, -0.25) is 15.1 Å². The lowest BCUT2D eigenvalue weighted by molar-refractivity contribution is -0.115. The van der Waals surface area contributed by atoms with E-state index in [2.05, 4.69) is 15.6 Å². The number of anilines is 2. The summed E-state index contributed by atoms with van der Waals surface area (Å²) in [5.74, 6) is -0.214. The van der Waals surface area contributed by atoms with Gasteiger partial charge in [0.15, 0.2) is 0 Å². The predicted octanol–water partition coefficient (Wildman–Crippen LogP) is 5.42. The molecule has 0 saturated carbocycles. The van der Waals surface area contributed by atoms with Crippen LogP contribution in [0.15, 0.2) is 54.9 Å². The van der Waals surface area contributed by atoms with E-state index >= 15 is 0 Å². The van der Waals surface area contributed by atoms with E-state index < -0.39 is 11.7 Å². The molecule has 0 unspecified atom stereocenters. The summed E-state index contributed by atoms with van der Waals surface area (Å²) < 4.78 is 5.24. The van der Waals surface area contributed by atoms with Gasteiger partial charge >= 0.3 is 6.09 Å². The van der Waals surface area contributed by atoms with Crippen LogP contribution < -0.4 is 10.6 Å². The topological polar surface area (TPSA) is 80.3 Å². The third-order valence-electron chi connectivity index (χ3n) is 3.91. The molecule has 3 rings (SSSR count). The molecule has 2 aromatic carbocycles. The highest BCUT2D eigenvalue weighted by Gasteiger charge is 2.17. The number of halogens is 1. The van der Waals surface area contributed by atoms with Crippen molar-refractivity contribution in [2.24, 2.45) is 0 Å². The Labute approximate surface area is 174 Å². The van der Waals surface area contributed by atoms with Gasteiger partial charge in [0, 0.05) is 27.7 Å². The number of carbonyl (C=O) groups is 2. The van der Waals surface area contributed by atoms with Gasteiger partial charge in [-0.1, -0.05) is 35.9 Å². The summed E-state index contributed by atoms with van der Waals surface area (Å²) in [4.78, 5) is 28.7. The molecule has 0 aliphatic heterocycles. The first-order valence-corrected chi connectivity index (χ1v) is 9.49. The molecule has 2 amide bonds. The van der Waals surface area contributed by atoms with E-state index in [0.717, 1.165) is 10.8 Å². The first-order valence-electron chi connectivity index (χ1n) is 9.12. The Hall–Kier alpha value is -3.12. The number of amides is 2. The van der Waals surface area contributed by atoms with E-state index in [0.29, 0.717) is 22.0 Å². The zero-order valence-corrected chi connectivity index (χ0v) is 17.2. The van der Waals surface area contributed by atoms with Crippen LogP contribution in [0.1, 0.15) is 26.3 Å². The lowest BCUT2D eigenvalue weighted by atomic mass is 10.1. The maximum absolute atomic E-state index is 12.6. The first-order chi connectivity index (χ1) is 13.7. The normalized spacial score (nSPS) is 11.2. The van der Waals surface area contributed by atoms with Crippen molar-refractivity contribution in [3.8, 4) is 0 Å². The van der Waals surface area contributed by atoms with Crippen LogP contribution in [0.3, 0.4) is 0 Å². The second kappa shape index (κ2) is 8.49. The molecule has 0 atom stereocenters. The van der Waals surface area contributed by atoms with Gasteiger partial charge in [-0.2, -0.15) is 0 Å². The largest absolute Gasteiger partial charge is 0.444 e. The molecular weight excluding hydrogens is 390 g/mol. The van der Waals surface area contributed by atoms with E-state index in [-0.39, 0.29) is 12.3 Å². The van der Waals surface area contributed by atoms with Crippen molar-refractivity contribution in [1.82, 2.24) is 4.98 Å². The van der Waals surface area contributed by atoms with Crippen molar-refractivity contribution < 1.29 is 14.3 Å². The maximum atomic E-state index is 12.6.